The Hall–Kier alpha value is -3.88. The molecule has 12 heteroatoms. The third-order valence-electron chi connectivity index (χ3n) is 6.24. The highest BCUT2D eigenvalue weighted by Crippen LogP contribution is 2.43. The van der Waals surface area contributed by atoms with Crippen molar-refractivity contribution in [2.45, 2.75) is 65.4 Å². The first-order chi connectivity index (χ1) is 17.2. The summed E-state index contributed by atoms with van der Waals surface area (Å²) in [7, 11) is 0. The zero-order valence-electron chi connectivity index (χ0n) is 21.5. The van der Waals surface area contributed by atoms with Crippen LogP contribution in [-0.4, -0.2) is 61.3 Å². The van der Waals surface area contributed by atoms with Gasteiger partial charge in [0, 0.05) is 37.1 Å². The average molecular weight is 516 g/mol. The molecule has 0 N–H and O–H groups in total. The summed E-state index contributed by atoms with van der Waals surface area (Å²) in [5, 5.41) is 9.13. The summed E-state index contributed by atoms with van der Waals surface area (Å²) in [6.07, 6.45) is -2.58. The molecule has 2 atom stereocenters. The number of alkyl halides is 3. The lowest BCUT2D eigenvalue weighted by Crippen LogP contribution is -2.59. The Kier molecular flexibility index (Phi) is 6.52. The van der Waals surface area contributed by atoms with Crippen LogP contribution in [0.4, 0.5) is 23.8 Å². The van der Waals surface area contributed by atoms with Gasteiger partial charge >= 0.3 is 12.3 Å². The van der Waals surface area contributed by atoms with Crippen LogP contribution in [0.1, 0.15) is 51.4 Å². The molecular formula is C25H28F3N7O2. The van der Waals surface area contributed by atoms with E-state index in [0.29, 0.717) is 0 Å². The van der Waals surface area contributed by atoms with Crippen molar-refractivity contribution in [3.8, 4) is 11.9 Å². The van der Waals surface area contributed by atoms with Crippen LogP contribution in [-0.2, 0) is 10.9 Å². The molecule has 3 aromatic heterocycles. The molecule has 37 heavy (non-hydrogen) atoms. The van der Waals surface area contributed by atoms with E-state index in [0.717, 1.165) is 0 Å². The first-order valence-corrected chi connectivity index (χ1v) is 11.8. The SMILES string of the molecule is Cc1c(C(F)(F)F)c2c(N3CC(C)N(C(=O)OC(C)(C)C)CC3C)ncnc2n1-c1cc(C#N)ccn1. The fourth-order valence-electron chi connectivity index (χ4n) is 4.66. The lowest BCUT2D eigenvalue weighted by molar-refractivity contribution is -0.136. The van der Waals surface area contributed by atoms with E-state index in [-0.39, 0.29) is 59.1 Å². The lowest BCUT2D eigenvalue weighted by Gasteiger charge is -2.44. The van der Waals surface area contributed by atoms with Gasteiger partial charge < -0.3 is 14.5 Å². The monoisotopic (exact) mass is 515 g/mol. The molecule has 0 radical (unpaired) electrons. The van der Waals surface area contributed by atoms with Crippen LogP contribution in [0.3, 0.4) is 0 Å². The van der Waals surface area contributed by atoms with Crippen molar-refractivity contribution in [1.82, 2.24) is 24.4 Å². The molecule has 0 bridgehead atoms. The molecular weight excluding hydrogens is 487 g/mol. The van der Waals surface area contributed by atoms with Crippen LogP contribution in [0.15, 0.2) is 24.7 Å². The summed E-state index contributed by atoms with van der Waals surface area (Å²) in [5.41, 5.74) is -1.35. The Balaban J connectivity index is 1.85. The number of amides is 1. The number of pyridine rings is 1. The highest BCUT2D eigenvalue weighted by molar-refractivity contribution is 5.94. The second kappa shape index (κ2) is 9.21. The summed E-state index contributed by atoms with van der Waals surface area (Å²) in [4.78, 5) is 28.8. The number of nitrogens with zero attached hydrogens (tertiary/aromatic N) is 7. The van der Waals surface area contributed by atoms with E-state index in [4.69, 9.17) is 4.74 Å². The number of anilines is 1. The lowest BCUT2D eigenvalue weighted by atomic mass is 10.1. The number of hydrogen-bond donors (Lipinski definition) is 0. The van der Waals surface area contributed by atoms with Gasteiger partial charge in [-0.2, -0.15) is 18.4 Å². The smallest absolute Gasteiger partial charge is 0.418 e. The number of hydrogen-bond acceptors (Lipinski definition) is 7. The normalized spacial score (nSPS) is 18.7. The average Bonchev–Trinajstić information content (AvgIpc) is 3.11. The maximum atomic E-state index is 14.5. The van der Waals surface area contributed by atoms with Crippen molar-refractivity contribution < 1.29 is 22.7 Å². The zero-order chi connectivity index (χ0) is 27.3. The largest absolute Gasteiger partial charge is 0.444 e. The number of ether oxygens (including phenoxy) is 1. The summed E-state index contributed by atoms with van der Waals surface area (Å²) in [5.74, 6) is 0.275. The van der Waals surface area contributed by atoms with Crippen LogP contribution in [0.25, 0.3) is 16.9 Å². The van der Waals surface area contributed by atoms with Gasteiger partial charge in [0.1, 0.15) is 23.6 Å². The number of fused-ring (bicyclic) bond motifs is 1. The zero-order valence-corrected chi connectivity index (χ0v) is 21.5. The molecule has 3 aromatic rings. The number of halogens is 3. The van der Waals surface area contributed by atoms with Gasteiger partial charge in [-0.25, -0.2) is 19.7 Å². The molecule has 2 unspecified atom stereocenters. The number of carbonyl (C=O) groups excluding carboxylic acids is 1. The Bertz CT molecular complexity index is 1390. The van der Waals surface area contributed by atoms with Crippen LogP contribution in [0, 0.1) is 18.3 Å². The minimum atomic E-state index is -4.70. The highest BCUT2D eigenvalue weighted by Gasteiger charge is 2.42. The first-order valence-electron chi connectivity index (χ1n) is 11.8. The molecule has 4 heterocycles. The van der Waals surface area contributed by atoms with E-state index < -0.39 is 23.4 Å². The third kappa shape index (κ3) is 4.90. The summed E-state index contributed by atoms with van der Waals surface area (Å²) >= 11 is 0. The molecule has 0 aromatic carbocycles. The van der Waals surface area contributed by atoms with Crippen molar-refractivity contribution >= 4 is 22.9 Å². The predicted molar refractivity (Wildman–Crippen MR) is 130 cm³/mol. The van der Waals surface area contributed by atoms with E-state index in [1.807, 2.05) is 19.9 Å². The van der Waals surface area contributed by atoms with E-state index in [9.17, 15) is 23.2 Å². The van der Waals surface area contributed by atoms with Crippen LogP contribution >= 0.6 is 0 Å². The Morgan fingerprint density at radius 2 is 1.84 bits per heavy atom. The molecule has 4 rings (SSSR count). The predicted octanol–water partition coefficient (Wildman–Crippen LogP) is 4.85. The molecule has 1 aliphatic rings. The van der Waals surface area contributed by atoms with Crippen molar-refractivity contribution in [2.75, 3.05) is 18.0 Å². The van der Waals surface area contributed by atoms with Gasteiger partial charge in [-0.05, 0) is 53.7 Å². The second-order valence-electron chi connectivity index (χ2n) is 10.2. The van der Waals surface area contributed by atoms with Gasteiger partial charge in [0.05, 0.1) is 22.6 Å². The van der Waals surface area contributed by atoms with E-state index in [1.54, 1.807) is 30.6 Å². The molecule has 9 nitrogen and oxygen atoms in total. The molecule has 0 spiro atoms. The van der Waals surface area contributed by atoms with Crippen LogP contribution < -0.4 is 4.90 Å². The molecule has 1 aliphatic heterocycles. The first kappa shape index (κ1) is 26.2. The fraction of sp³-hybridized carbons (Fsp3) is 0.480. The molecule has 1 fully saturated rings. The number of nitriles is 1. The van der Waals surface area contributed by atoms with Gasteiger partial charge in [-0.3, -0.25) is 4.57 Å². The number of piperazine rings is 1. The fourth-order valence-corrected chi connectivity index (χ4v) is 4.66. The molecule has 0 aliphatic carbocycles. The van der Waals surface area contributed by atoms with Gasteiger partial charge in [0.15, 0.2) is 5.65 Å². The quantitative estimate of drug-likeness (QED) is 0.481. The van der Waals surface area contributed by atoms with Gasteiger partial charge in [-0.15, -0.1) is 0 Å². The third-order valence-corrected chi connectivity index (χ3v) is 6.24. The van der Waals surface area contributed by atoms with E-state index in [1.165, 1.54) is 36.1 Å². The summed E-state index contributed by atoms with van der Waals surface area (Å²) < 4.78 is 50.2. The molecule has 196 valence electrons. The molecule has 0 saturated carbocycles. The second-order valence-corrected chi connectivity index (χ2v) is 10.2. The van der Waals surface area contributed by atoms with Crippen molar-refractivity contribution in [3.05, 3.63) is 41.5 Å². The number of rotatable bonds is 2. The topological polar surface area (TPSA) is 100 Å². The number of carbonyl (C=O) groups is 1. The van der Waals surface area contributed by atoms with Gasteiger partial charge in [0.2, 0.25) is 0 Å². The molecule has 1 amide bonds. The summed E-state index contributed by atoms with van der Waals surface area (Å²) in [6.45, 7) is 10.8. The highest BCUT2D eigenvalue weighted by atomic mass is 19.4. The maximum absolute atomic E-state index is 14.5. The Labute approximate surface area is 212 Å². The van der Waals surface area contributed by atoms with Gasteiger partial charge in [0.25, 0.3) is 0 Å². The Morgan fingerprint density at radius 1 is 1.14 bits per heavy atom. The van der Waals surface area contributed by atoms with E-state index in [2.05, 4.69) is 15.0 Å². The maximum Gasteiger partial charge on any atom is 0.418 e. The Morgan fingerprint density at radius 3 is 2.46 bits per heavy atom. The van der Waals surface area contributed by atoms with Crippen molar-refractivity contribution in [2.24, 2.45) is 0 Å². The van der Waals surface area contributed by atoms with E-state index >= 15 is 0 Å². The van der Waals surface area contributed by atoms with Crippen molar-refractivity contribution in [3.63, 3.8) is 0 Å². The van der Waals surface area contributed by atoms with Gasteiger partial charge in [-0.1, -0.05) is 0 Å². The van der Waals surface area contributed by atoms with Crippen molar-refractivity contribution in [1.29, 1.82) is 5.26 Å². The molecule has 1 saturated heterocycles. The van der Waals surface area contributed by atoms with Crippen LogP contribution in [0.5, 0.6) is 0 Å². The number of aromatic nitrogens is 4. The van der Waals surface area contributed by atoms with Crippen LogP contribution in [0.2, 0.25) is 0 Å². The minimum Gasteiger partial charge on any atom is -0.444 e. The standard InChI is InChI=1S/C25H28F3N7O2/c1-14-12-34(23(36)37-24(4,5)6)15(2)11-33(14)21-19-20(25(26,27)28)16(3)35(22(19)32-13-31-21)18-9-17(10-29)7-8-30-18/h7-9,13-15H,11-12H2,1-6H3. The summed E-state index contributed by atoms with van der Waals surface area (Å²) in [6, 6.07) is 4.17. The minimum absolute atomic E-state index is 0.0341.